The standard InChI is InChI=1S/C14H14N4O2/c1-2-10-7-13-15-9-16-18(13)8-12(10)11-3-5-17(6-4-11)14(19)20/h2-3,7-9H,1,4-6H2,(H,19,20). The number of hydrogen-bond donors (Lipinski definition) is 1. The van der Waals surface area contributed by atoms with Gasteiger partial charge in [0, 0.05) is 24.8 Å². The predicted molar refractivity (Wildman–Crippen MR) is 75.3 cm³/mol. The monoisotopic (exact) mass is 270 g/mol. The molecule has 0 spiro atoms. The number of amides is 1. The Kier molecular flexibility index (Phi) is 2.98. The molecule has 0 radical (unpaired) electrons. The average molecular weight is 270 g/mol. The largest absolute Gasteiger partial charge is 0.465 e. The van der Waals surface area contributed by atoms with Gasteiger partial charge in [-0.3, -0.25) is 0 Å². The molecule has 0 unspecified atom stereocenters. The first-order chi connectivity index (χ1) is 9.69. The van der Waals surface area contributed by atoms with Gasteiger partial charge in [0.1, 0.15) is 6.33 Å². The van der Waals surface area contributed by atoms with E-state index in [1.807, 2.05) is 18.3 Å². The number of rotatable bonds is 2. The van der Waals surface area contributed by atoms with Crippen molar-refractivity contribution in [2.24, 2.45) is 0 Å². The second kappa shape index (κ2) is 4.80. The zero-order valence-electron chi connectivity index (χ0n) is 10.9. The summed E-state index contributed by atoms with van der Waals surface area (Å²) in [7, 11) is 0. The summed E-state index contributed by atoms with van der Waals surface area (Å²) in [5.41, 5.74) is 3.91. The van der Waals surface area contributed by atoms with E-state index < -0.39 is 6.09 Å². The number of hydrogen-bond acceptors (Lipinski definition) is 3. The molecular weight excluding hydrogens is 256 g/mol. The molecule has 1 amide bonds. The zero-order chi connectivity index (χ0) is 14.1. The van der Waals surface area contributed by atoms with Gasteiger partial charge in [0.05, 0.1) is 0 Å². The topological polar surface area (TPSA) is 70.7 Å². The molecule has 0 bridgehead atoms. The summed E-state index contributed by atoms with van der Waals surface area (Å²) in [6, 6.07) is 1.93. The second-order valence-corrected chi connectivity index (χ2v) is 4.62. The van der Waals surface area contributed by atoms with Gasteiger partial charge < -0.3 is 10.0 Å². The Bertz CT molecular complexity index is 717. The van der Waals surface area contributed by atoms with Gasteiger partial charge in [-0.1, -0.05) is 18.7 Å². The lowest BCUT2D eigenvalue weighted by atomic mass is 9.97. The second-order valence-electron chi connectivity index (χ2n) is 4.62. The van der Waals surface area contributed by atoms with Crippen LogP contribution in [-0.2, 0) is 0 Å². The SMILES string of the molecule is C=Cc1cc2ncnn2cc1C1=CCN(C(=O)O)CC1. The number of aromatic nitrogens is 3. The van der Waals surface area contributed by atoms with Crippen molar-refractivity contribution in [3.8, 4) is 0 Å². The molecule has 1 N–H and O–H groups in total. The van der Waals surface area contributed by atoms with Crippen LogP contribution < -0.4 is 0 Å². The van der Waals surface area contributed by atoms with E-state index in [1.165, 1.54) is 11.2 Å². The molecule has 1 aliphatic rings. The smallest absolute Gasteiger partial charge is 0.407 e. The number of carbonyl (C=O) groups is 1. The molecule has 0 aliphatic carbocycles. The third-order valence-corrected chi connectivity index (χ3v) is 3.49. The molecule has 102 valence electrons. The lowest BCUT2D eigenvalue weighted by molar-refractivity contribution is 0.150. The van der Waals surface area contributed by atoms with Crippen LogP contribution in [-0.4, -0.2) is 43.8 Å². The van der Waals surface area contributed by atoms with Crippen LogP contribution in [0, 0.1) is 0 Å². The van der Waals surface area contributed by atoms with Crippen LogP contribution in [0.5, 0.6) is 0 Å². The summed E-state index contributed by atoms with van der Waals surface area (Å²) in [4.78, 5) is 16.5. The van der Waals surface area contributed by atoms with Crippen molar-refractivity contribution < 1.29 is 9.90 Å². The van der Waals surface area contributed by atoms with Gasteiger partial charge in [0.25, 0.3) is 0 Å². The zero-order valence-corrected chi connectivity index (χ0v) is 10.9. The fourth-order valence-corrected chi connectivity index (χ4v) is 2.40. The molecule has 0 fully saturated rings. The Balaban J connectivity index is 2.01. The van der Waals surface area contributed by atoms with Crippen LogP contribution in [0.3, 0.4) is 0 Å². The van der Waals surface area contributed by atoms with Crippen LogP contribution in [0.1, 0.15) is 17.5 Å². The molecule has 2 aromatic heterocycles. The Labute approximate surface area is 115 Å². The quantitative estimate of drug-likeness (QED) is 0.907. The van der Waals surface area contributed by atoms with Crippen molar-refractivity contribution in [1.29, 1.82) is 0 Å². The molecule has 3 rings (SSSR count). The van der Waals surface area contributed by atoms with E-state index in [1.54, 1.807) is 10.6 Å². The summed E-state index contributed by atoms with van der Waals surface area (Å²) in [5, 5.41) is 13.1. The van der Waals surface area contributed by atoms with Crippen LogP contribution >= 0.6 is 0 Å². The van der Waals surface area contributed by atoms with Crippen molar-refractivity contribution in [2.75, 3.05) is 13.1 Å². The third kappa shape index (κ3) is 2.05. The molecule has 6 heteroatoms. The van der Waals surface area contributed by atoms with Gasteiger partial charge in [0.15, 0.2) is 5.65 Å². The van der Waals surface area contributed by atoms with E-state index in [-0.39, 0.29) is 0 Å². The number of nitrogens with zero attached hydrogens (tertiary/aromatic N) is 4. The van der Waals surface area contributed by atoms with Gasteiger partial charge in [0.2, 0.25) is 0 Å². The molecule has 3 heterocycles. The minimum atomic E-state index is -0.879. The highest BCUT2D eigenvalue weighted by Crippen LogP contribution is 2.26. The fraction of sp³-hybridized carbons (Fsp3) is 0.214. The van der Waals surface area contributed by atoms with Gasteiger partial charge in [-0.15, -0.1) is 0 Å². The Morgan fingerprint density at radius 2 is 2.35 bits per heavy atom. The minimum absolute atomic E-state index is 0.413. The Hall–Kier alpha value is -2.63. The number of pyridine rings is 1. The lowest BCUT2D eigenvalue weighted by Gasteiger charge is -2.24. The van der Waals surface area contributed by atoms with E-state index >= 15 is 0 Å². The van der Waals surface area contributed by atoms with Crippen molar-refractivity contribution in [2.45, 2.75) is 6.42 Å². The number of fused-ring (bicyclic) bond motifs is 1. The molecule has 0 saturated carbocycles. The van der Waals surface area contributed by atoms with Crippen molar-refractivity contribution in [3.05, 3.63) is 42.4 Å². The van der Waals surface area contributed by atoms with E-state index in [2.05, 4.69) is 16.7 Å². The first-order valence-electron chi connectivity index (χ1n) is 6.32. The van der Waals surface area contributed by atoms with Crippen LogP contribution in [0.2, 0.25) is 0 Å². The maximum absolute atomic E-state index is 10.9. The van der Waals surface area contributed by atoms with Gasteiger partial charge in [-0.05, 0) is 23.6 Å². The molecule has 0 atom stereocenters. The normalized spacial score (nSPS) is 15.2. The van der Waals surface area contributed by atoms with E-state index in [4.69, 9.17) is 5.11 Å². The minimum Gasteiger partial charge on any atom is -0.465 e. The summed E-state index contributed by atoms with van der Waals surface area (Å²) < 4.78 is 1.72. The Morgan fingerprint density at radius 1 is 1.50 bits per heavy atom. The molecular formula is C14H14N4O2. The van der Waals surface area contributed by atoms with Crippen molar-refractivity contribution >= 4 is 23.4 Å². The first-order valence-corrected chi connectivity index (χ1v) is 6.32. The van der Waals surface area contributed by atoms with E-state index in [0.29, 0.717) is 19.5 Å². The molecule has 0 saturated heterocycles. The molecule has 1 aliphatic heterocycles. The molecule has 6 nitrogen and oxygen atoms in total. The maximum Gasteiger partial charge on any atom is 0.407 e. The summed E-state index contributed by atoms with van der Waals surface area (Å²) in [6.07, 6.45) is 6.97. The van der Waals surface area contributed by atoms with E-state index in [0.717, 1.165) is 22.3 Å². The molecule has 2 aromatic rings. The summed E-state index contributed by atoms with van der Waals surface area (Å²) >= 11 is 0. The fourth-order valence-electron chi connectivity index (χ4n) is 2.40. The lowest BCUT2D eigenvalue weighted by Crippen LogP contribution is -2.33. The molecule has 20 heavy (non-hydrogen) atoms. The maximum atomic E-state index is 10.9. The average Bonchev–Trinajstić information content (AvgIpc) is 2.93. The van der Waals surface area contributed by atoms with Gasteiger partial charge in [-0.2, -0.15) is 5.10 Å². The highest BCUT2D eigenvalue weighted by Gasteiger charge is 2.18. The third-order valence-electron chi connectivity index (χ3n) is 3.49. The summed E-state index contributed by atoms with van der Waals surface area (Å²) in [6.45, 7) is 4.75. The first kappa shape index (κ1) is 12.4. The van der Waals surface area contributed by atoms with Crippen LogP contribution in [0.25, 0.3) is 17.3 Å². The van der Waals surface area contributed by atoms with Crippen LogP contribution in [0.4, 0.5) is 4.79 Å². The number of carboxylic acid groups (broad SMARTS) is 1. The van der Waals surface area contributed by atoms with Crippen LogP contribution in [0.15, 0.2) is 31.2 Å². The van der Waals surface area contributed by atoms with Gasteiger partial charge in [-0.25, -0.2) is 14.3 Å². The predicted octanol–water partition coefficient (Wildman–Crippen LogP) is 2.14. The summed E-state index contributed by atoms with van der Waals surface area (Å²) in [5.74, 6) is 0. The van der Waals surface area contributed by atoms with E-state index in [9.17, 15) is 4.79 Å². The highest BCUT2D eigenvalue weighted by molar-refractivity contribution is 5.77. The van der Waals surface area contributed by atoms with Crippen molar-refractivity contribution in [1.82, 2.24) is 19.5 Å². The highest BCUT2D eigenvalue weighted by atomic mass is 16.4. The Morgan fingerprint density at radius 3 is 3.00 bits per heavy atom. The van der Waals surface area contributed by atoms with Gasteiger partial charge >= 0.3 is 6.09 Å². The molecule has 0 aromatic carbocycles. The van der Waals surface area contributed by atoms with Crippen molar-refractivity contribution in [3.63, 3.8) is 0 Å².